The lowest BCUT2D eigenvalue weighted by molar-refractivity contribution is -0.0476. The number of aliphatic hydroxyl groups is 1. The lowest BCUT2D eigenvalue weighted by Gasteiger charge is -2.44. The number of nitrogens with zero attached hydrogens (tertiary/aromatic N) is 1. The fraction of sp³-hybridized carbons (Fsp3) is 0.333. The summed E-state index contributed by atoms with van der Waals surface area (Å²) in [5.74, 6) is 0. The molecule has 1 aliphatic heterocycles. The standard InChI is InChI=1S/C36H43NO3Si/c1-36(2,3)41(31-20-12-6-13-21-31,32-22-14-7-15-23-32)40-28-33(38)35-34(39-27-30-18-10-5-11-19-30)24-25-37(35)26-29-16-8-4-9-17-29/h4-23,33-35,38H,24-28H2,1-3H3/t33-,34+,35+/m1/s1. The number of benzene rings is 4. The molecule has 5 rings (SSSR count). The van der Waals surface area contributed by atoms with E-state index >= 15 is 0 Å². The van der Waals surface area contributed by atoms with Gasteiger partial charge in [0.05, 0.1) is 31.5 Å². The van der Waals surface area contributed by atoms with Gasteiger partial charge in [0.25, 0.3) is 8.32 Å². The third kappa shape index (κ3) is 6.72. The van der Waals surface area contributed by atoms with Gasteiger partial charge in [-0.2, -0.15) is 0 Å². The van der Waals surface area contributed by atoms with Crippen LogP contribution in [0.4, 0.5) is 0 Å². The van der Waals surface area contributed by atoms with E-state index in [4.69, 9.17) is 9.16 Å². The molecule has 0 spiro atoms. The number of rotatable bonds is 11. The lowest BCUT2D eigenvalue weighted by atomic mass is 10.1. The minimum atomic E-state index is -2.77. The largest absolute Gasteiger partial charge is 0.405 e. The molecule has 1 N–H and O–H groups in total. The van der Waals surface area contributed by atoms with Crippen molar-refractivity contribution in [2.24, 2.45) is 0 Å². The Bertz CT molecular complexity index is 1290. The van der Waals surface area contributed by atoms with Gasteiger partial charge in [-0.3, -0.25) is 4.90 Å². The minimum absolute atomic E-state index is 0.0864. The quantitative estimate of drug-likeness (QED) is 0.234. The van der Waals surface area contributed by atoms with E-state index in [0.717, 1.165) is 25.1 Å². The van der Waals surface area contributed by atoms with Crippen LogP contribution in [0.3, 0.4) is 0 Å². The van der Waals surface area contributed by atoms with Crippen molar-refractivity contribution in [3.8, 4) is 0 Å². The number of hydrogen-bond donors (Lipinski definition) is 1. The van der Waals surface area contributed by atoms with Crippen molar-refractivity contribution in [3.05, 3.63) is 132 Å². The van der Waals surface area contributed by atoms with Gasteiger partial charge in [0, 0.05) is 13.1 Å². The third-order valence-corrected chi connectivity index (χ3v) is 13.3. The Kier molecular flexibility index (Phi) is 9.53. The van der Waals surface area contributed by atoms with Gasteiger partial charge in [-0.25, -0.2) is 0 Å². The Hall–Kier alpha value is -3.06. The zero-order valence-electron chi connectivity index (χ0n) is 24.5. The first-order chi connectivity index (χ1) is 19.9. The molecule has 0 aliphatic carbocycles. The molecule has 5 heteroatoms. The van der Waals surface area contributed by atoms with Crippen LogP contribution in [0.2, 0.25) is 5.04 Å². The summed E-state index contributed by atoms with van der Waals surface area (Å²) >= 11 is 0. The molecule has 1 heterocycles. The van der Waals surface area contributed by atoms with Crippen molar-refractivity contribution in [2.45, 2.75) is 63.6 Å². The van der Waals surface area contributed by atoms with Crippen LogP contribution >= 0.6 is 0 Å². The summed E-state index contributed by atoms with van der Waals surface area (Å²) in [5.41, 5.74) is 2.38. The highest BCUT2D eigenvalue weighted by molar-refractivity contribution is 6.99. The molecular formula is C36H43NO3Si. The topological polar surface area (TPSA) is 41.9 Å². The van der Waals surface area contributed by atoms with Crippen LogP contribution in [0.25, 0.3) is 0 Å². The molecule has 0 amide bonds. The van der Waals surface area contributed by atoms with Crippen molar-refractivity contribution in [2.75, 3.05) is 13.2 Å². The Labute approximate surface area is 246 Å². The Morgan fingerprint density at radius 2 is 1.24 bits per heavy atom. The maximum atomic E-state index is 12.0. The van der Waals surface area contributed by atoms with Crippen molar-refractivity contribution in [3.63, 3.8) is 0 Å². The van der Waals surface area contributed by atoms with Gasteiger partial charge in [0.15, 0.2) is 0 Å². The van der Waals surface area contributed by atoms with E-state index in [2.05, 4.69) is 123 Å². The van der Waals surface area contributed by atoms with Crippen molar-refractivity contribution >= 4 is 18.7 Å². The monoisotopic (exact) mass is 565 g/mol. The van der Waals surface area contributed by atoms with Gasteiger partial charge >= 0.3 is 0 Å². The van der Waals surface area contributed by atoms with Crippen LogP contribution in [-0.4, -0.2) is 49.7 Å². The van der Waals surface area contributed by atoms with Gasteiger partial charge in [-0.1, -0.05) is 142 Å². The van der Waals surface area contributed by atoms with E-state index in [1.54, 1.807) is 0 Å². The number of aliphatic hydroxyl groups excluding tert-OH is 1. The molecule has 4 nitrogen and oxygen atoms in total. The van der Waals surface area contributed by atoms with E-state index in [1.807, 2.05) is 24.3 Å². The van der Waals surface area contributed by atoms with Crippen LogP contribution < -0.4 is 10.4 Å². The van der Waals surface area contributed by atoms with E-state index < -0.39 is 14.4 Å². The zero-order chi connectivity index (χ0) is 28.7. The summed E-state index contributed by atoms with van der Waals surface area (Å²) in [5, 5.41) is 14.2. The summed E-state index contributed by atoms with van der Waals surface area (Å²) in [6, 6.07) is 41.9. The Balaban J connectivity index is 1.43. The number of ether oxygens (including phenoxy) is 1. The summed E-state index contributed by atoms with van der Waals surface area (Å²) in [6.07, 6.45) is 0.0842. The maximum absolute atomic E-state index is 12.0. The molecule has 0 unspecified atom stereocenters. The van der Waals surface area contributed by atoms with Crippen molar-refractivity contribution in [1.82, 2.24) is 4.90 Å². The summed E-state index contributed by atoms with van der Waals surface area (Å²) in [7, 11) is -2.77. The number of hydrogen-bond acceptors (Lipinski definition) is 4. The molecule has 3 atom stereocenters. The first-order valence-electron chi connectivity index (χ1n) is 14.7. The molecule has 214 valence electrons. The fourth-order valence-corrected chi connectivity index (χ4v) is 10.9. The van der Waals surface area contributed by atoms with Gasteiger partial charge in [0.2, 0.25) is 0 Å². The predicted octanol–water partition coefficient (Wildman–Crippen LogP) is 5.78. The average molecular weight is 566 g/mol. The number of likely N-dealkylation sites (tertiary alicyclic amines) is 1. The SMILES string of the molecule is CC(C)(C)[Si](OC[C@@H](O)[C@H]1[C@@H](OCc2ccccc2)CCN1Cc1ccccc1)(c1ccccc1)c1ccccc1. The summed E-state index contributed by atoms with van der Waals surface area (Å²) < 4.78 is 13.7. The molecule has 1 fully saturated rings. The van der Waals surface area contributed by atoms with Crippen LogP contribution in [0.5, 0.6) is 0 Å². The van der Waals surface area contributed by atoms with E-state index in [1.165, 1.54) is 15.9 Å². The highest BCUT2D eigenvalue weighted by Gasteiger charge is 2.51. The molecule has 1 saturated heterocycles. The predicted molar refractivity (Wildman–Crippen MR) is 170 cm³/mol. The molecule has 0 aromatic heterocycles. The first kappa shape index (κ1) is 29.4. The molecule has 4 aromatic rings. The van der Waals surface area contributed by atoms with Crippen LogP contribution in [0, 0.1) is 0 Å². The molecule has 41 heavy (non-hydrogen) atoms. The third-order valence-electron chi connectivity index (χ3n) is 8.32. The zero-order valence-corrected chi connectivity index (χ0v) is 25.5. The highest BCUT2D eigenvalue weighted by Crippen LogP contribution is 2.37. The molecular weight excluding hydrogens is 522 g/mol. The molecule has 0 radical (unpaired) electrons. The summed E-state index contributed by atoms with van der Waals surface area (Å²) in [6.45, 7) is 9.23. The van der Waals surface area contributed by atoms with Crippen molar-refractivity contribution < 1.29 is 14.3 Å². The van der Waals surface area contributed by atoms with Crippen LogP contribution in [-0.2, 0) is 22.3 Å². The lowest BCUT2D eigenvalue weighted by Crippen LogP contribution is -2.67. The molecule has 1 aliphatic rings. The minimum Gasteiger partial charge on any atom is -0.405 e. The highest BCUT2D eigenvalue weighted by atomic mass is 28.4. The van der Waals surface area contributed by atoms with Crippen molar-refractivity contribution in [1.29, 1.82) is 0 Å². The smallest absolute Gasteiger partial charge is 0.261 e. The molecule has 4 aromatic carbocycles. The fourth-order valence-electron chi connectivity index (χ4n) is 6.37. The Morgan fingerprint density at radius 1 is 0.756 bits per heavy atom. The molecule has 0 bridgehead atoms. The second kappa shape index (κ2) is 13.3. The second-order valence-corrected chi connectivity index (χ2v) is 16.4. The van der Waals surface area contributed by atoms with Gasteiger partial charge in [-0.15, -0.1) is 0 Å². The van der Waals surface area contributed by atoms with E-state index in [9.17, 15) is 5.11 Å². The van der Waals surface area contributed by atoms with E-state index in [-0.39, 0.29) is 23.8 Å². The van der Waals surface area contributed by atoms with Gasteiger partial charge in [0.1, 0.15) is 0 Å². The van der Waals surface area contributed by atoms with Crippen LogP contribution in [0.15, 0.2) is 121 Å². The second-order valence-electron chi connectivity index (χ2n) is 12.1. The normalized spacial score (nSPS) is 18.8. The van der Waals surface area contributed by atoms with E-state index in [0.29, 0.717) is 6.61 Å². The Morgan fingerprint density at radius 3 is 1.76 bits per heavy atom. The summed E-state index contributed by atoms with van der Waals surface area (Å²) in [4.78, 5) is 2.38. The average Bonchev–Trinajstić information content (AvgIpc) is 3.40. The molecule has 0 saturated carbocycles. The first-order valence-corrected chi connectivity index (χ1v) is 16.7. The maximum Gasteiger partial charge on any atom is 0.261 e. The van der Waals surface area contributed by atoms with Gasteiger partial charge in [-0.05, 0) is 33.0 Å². The van der Waals surface area contributed by atoms with Crippen LogP contribution in [0.1, 0.15) is 38.3 Å². The van der Waals surface area contributed by atoms with Gasteiger partial charge < -0.3 is 14.3 Å².